The number of benzene rings is 4. The minimum absolute atomic E-state index is 0.834. The quantitative estimate of drug-likeness (QED) is 0.188. The molecule has 50 heavy (non-hydrogen) atoms. The van der Waals surface area contributed by atoms with Gasteiger partial charge in [0.1, 0.15) is 0 Å². The van der Waals surface area contributed by atoms with Crippen molar-refractivity contribution in [1.29, 1.82) is 0 Å². The number of nitrogens with zero attached hydrogens (tertiary/aromatic N) is 6. The fourth-order valence-corrected chi connectivity index (χ4v) is 7.18. The zero-order chi connectivity index (χ0) is 33.0. The van der Waals surface area contributed by atoms with E-state index in [4.69, 9.17) is 9.97 Å². The molecule has 0 amide bonds. The van der Waals surface area contributed by atoms with Crippen molar-refractivity contribution >= 4 is 43.9 Å². The molecule has 0 radical (unpaired) electrons. The summed E-state index contributed by atoms with van der Waals surface area (Å²) >= 11 is 0. The van der Waals surface area contributed by atoms with Crippen LogP contribution in [0.25, 0.3) is 88.9 Å². The molecule has 0 saturated carbocycles. The highest BCUT2D eigenvalue weighted by atomic mass is 15.0. The highest BCUT2D eigenvalue weighted by molar-refractivity contribution is 6.08. The molecule has 0 spiro atoms. The van der Waals surface area contributed by atoms with Crippen LogP contribution >= 0.6 is 0 Å². The third-order valence-corrected chi connectivity index (χ3v) is 9.54. The Hall–Kier alpha value is -6.92. The van der Waals surface area contributed by atoms with Crippen molar-refractivity contribution in [2.75, 3.05) is 0 Å². The van der Waals surface area contributed by atoms with Gasteiger partial charge in [-0.25, -0.2) is 0 Å². The van der Waals surface area contributed by atoms with Gasteiger partial charge in [0, 0.05) is 58.1 Å². The summed E-state index contributed by atoms with van der Waals surface area (Å²) in [6, 6.07) is 50.6. The SMILES string of the molecule is c1cc(-c2ccc(-c3ccc(-c4ccc(-n5c6ccccc6c6ncccc65)cc4)cn3)nc2)cc(-n2c3ccccc3c3ncccc32)c1. The van der Waals surface area contributed by atoms with Gasteiger partial charge in [-0.2, -0.15) is 0 Å². The predicted octanol–water partition coefficient (Wildman–Crippen LogP) is 10.5. The van der Waals surface area contributed by atoms with E-state index in [1.807, 2.05) is 49.1 Å². The smallest absolute Gasteiger partial charge is 0.0963 e. The van der Waals surface area contributed by atoms with Gasteiger partial charge in [0.25, 0.3) is 0 Å². The van der Waals surface area contributed by atoms with Crippen LogP contribution in [-0.4, -0.2) is 29.1 Å². The van der Waals surface area contributed by atoms with E-state index in [0.717, 1.165) is 88.9 Å². The van der Waals surface area contributed by atoms with Gasteiger partial charge in [-0.15, -0.1) is 0 Å². The molecule has 6 nitrogen and oxygen atoms in total. The van der Waals surface area contributed by atoms with Crippen LogP contribution in [0.5, 0.6) is 0 Å². The van der Waals surface area contributed by atoms with E-state index in [0.29, 0.717) is 0 Å². The molecule has 6 aromatic heterocycles. The van der Waals surface area contributed by atoms with Crippen molar-refractivity contribution in [1.82, 2.24) is 29.1 Å². The number of fused-ring (bicyclic) bond motifs is 6. The predicted molar refractivity (Wildman–Crippen MR) is 203 cm³/mol. The van der Waals surface area contributed by atoms with E-state index in [-0.39, 0.29) is 0 Å². The number of hydrogen-bond donors (Lipinski definition) is 0. The number of aromatic nitrogens is 6. The highest BCUT2D eigenvalue weighted by Gasteiger charge is 2.15. The first-order chi connectivity index (χ1) is 24.8. The first-order valence-electron chi connectivity index (χ1n) is 16.6. The third-order valence-electron chi connectivity index (χ3n) is 9.54. The Balaban J connectivity index is 0.920. The van der Waals surface area contributed by atoms with Gasteiger partial charge in [0.2, 0.25) is 0 Å². The molecule has 0 saturated heterocycles. The lowest BCUT2D eigenvalue weighted by Crippen LogP contribution is -1.95. The Morgan fingerprint density at radius 2 is 0.860 bits per heavy atom. The molecule has 0 atom stereocenters. The second kappa shape index (κ2) is 11.4. The maximum Gasteiger partial charge on any atom is 0.0963 e. The average molecular weight is 641 g/mol. The van der Waals surface area contributed by atoms with E-state index < -0.39 is 0 Å². The van der Waals surface area contributed by atoms with Crippen molar-refractivity contribution < 1.29 is 0 Å². The number of hydrogen-bond acceptors (Lipinski definition) is 4. The molecule has 10 rings (SSSR count). The van der Waals surface area contributed by atoms with Gasteiger partial charge in [-0.05, 0) is 83.9 Å². The molecule has 0 fully saturated rings. The summed E-state index contributed by atoms with van der Waals surface area (Å²) in [4.78, 5) is 19.0. The van der Waals surface area contributed by atoms with Gasteiger partial charge in [0.15, 0.2) is 0 Å². The van der Waals surface area contributed by atoms with Crippen LogP contribution in [-0.2, 0) is 0 Å². The van der Waals surface area contributed by atoms with E-state index >= 15 is 0 Å². The van der Waals surface area contributed by atoms with Gasteiger partial charge in [-0.1, -0.05) is 72.8 Å². The molecule has 10 aromatic rings. The maximum absolute atomic E-state index is 4.82. The summed E-state index contributed by atoms with van der Waals surface area (Å²) in [6.07, 6.45) is 7.57. The van der Waals surface area contributed by atoms with E-state index in [1.165, 1.54) is 0 Å². The standard InChI is InChI=1S/C44H28N6/c1-3-12-39-35(10-1)43-41(14-6-24-45-43)49(39)33-20-16-29(17-21-33)31-18-22-37(47-27-31)38-23-19-32(28-48-38)30-8-5-9-34(26-30)50-40-13-4-2-11-36(40)44-42(50)15-7-25-46-44/h1-28H. The lowest BCUT2D eigenvalue weighted by Gasteiger charge is -2.10. The molecule has 6 heteroatoms. The van der Waals surface area contributed by atoms with Crippen molar-refractivity contribution in [3.8, 4) is 45.0 Å². The van der Waals surface area contributed by atoms with Crippen LogP contribution in [0.3, 0.4) is 0 Å². The van der Waals surface area contributed by atoms with Crippen LogP contribution < -0.4 is 0 Å². The van der Waals surface area contributed by atoms with Crippen LogP contribution in [0.15, 0.2) is 170 Å². The maximum atomic E-state index is 4.82. The number of pyridine rings is 4. The number of para-hydroxylation sites is 2. The molecule has 0 aliphatic heterocycles. The second-order valence-corrected chi connectivity index (χ2v) is 12.4. The van der Waals surface area contributed by atoms with Crippen LogP contribution in [0, 0.1) is 0 Å². The summed E-state index contributed by atoms with van der Waals surface area (Å²) < 4.78 is 4.56. The normalized spacial score (nSPS) is 11.6. The van der Waals surface area contributed by atoms with Gasteiger partial charge < -0.3 is 9.13 Å². The molecule has 0 aliphatic rings. The van der Waals surface area contributed by atoms with Gasteiger partial charge >= 0.3 is 0 Å². The fourth-order valence-electron chi connectivity index (χ4n) is 7.18. The molecule has 0 unspecified atom stereocenters. The summed E-state index contributed by atoms with van der Waals surface area (Å²) in [5.74, 6) is 0. The Morgan fingerprint density at radius 1 is 0.340 bits per heavy atom. The molecule has 0 N–H and O–H groups in total. The minimum atomic E-state index is 0.834. The van der Waals surface area contributed by atoms with Crippen molar-refractivity contribution in [2.45, 2.75) is 0 Å². The number of rotatable bonds is 5. The summed E-state index contributed by atoms with van der Waals surface area (Å²) in [6.45, 7) is 0. The fraction of sp³-hybridized carbons (Fsp3) is 0. The molecule has 4 aromatic carbocycles. The van der Waals surface area contributed by atoms with Gasteiger partial charge in [0.05, 0.1) is 44.5 Å². The van der Waals surface area contributed by atoms with E-state index in [2.05, 4.69) is 140 Å². The first-order valence-corrected chi connectivity index (χ1v) is 16.6. The Labute approximate surface area is 287 Å². The second-order valence-electron chi connectivity index (χ2n) is 12.4. The van der Waals surface area contributed by atoms with Crippen LogP contribution in [0.2, 0.25) is 0 Å². The van der Waals surface area contributed by atoms with Crippen LogP contribution in [0.1, 0.15) is 0 Å². The monoisotopic (exact) mass is 640 g/mol. The molecular formula is C44H28N6. The molecule has 234 valence electrons. The lowest BCUT2D eigenvalue weighted by molar-refractivity contribution is 1.17. The molecular weight excluding hydrogens is 613 g/mol. The Bertz CT molecular complexity index is 2740. The molecule has 6 heterocycles. The van der Waals surface area contributed by atoms with Crippen molar-refractivity contribution in [2.24, 2.45) is 0 Å². The topological polar surface area (TPSA) is 61.4 Å². The summed E-state index contributed by atoms with van der Waals surface area (Å²) in [7, 11) is 0. The van der Waals surface area contributed by atoms with E-state index in [1.54, 1.807) is 0 Å². The Morgan fingerprint density at radius 3 is 1.44 bits per heavy atom. The zero-order valence-electron chi connectivity index (χ0n) is 26.8. The summed E-state index contributed by atoms with van der Waals surface area (Å²) in [5.41, 5.74) is 14.6. The lowest BCUT2D eigenvalue weighted by atomic mass is 10.0. The molecule has 0 aliphatic carbocycles. The van der Waals surface area contributed by atoms with E-state index in [9.17, 15) is 0 Å². The first kappa shape index (κ1) is 28.1. The average Bonchev–Trinajstić information content (AvgIpc) is 3.71. The van der Waals surface area contributed by atoms with Crippen molar-refractivity contribution in [3.05, 3.63) is 170 Å². The molecule has 0 bridgehead atoms. The summed E-state index contributed by atoms with van der Waals surface area (Å²) in [5, 5.41) is 2.30. The van der Waals surface area contributed by atoms with Crippen molar-refractivity contribution in [3.63, 3.8) is 0 Å². The van der Waals surface area contributed by atoms with Crippen LogP contribution in [0.4, 0.5) is 0 Å². The third kappa shape index (κ3) is 4.50. The van der Waals surface area contributed by atoms with Gasteiger partial charge in [-0.3, -0.25) is 19.9 Å². The minimum Gasteiger partial charge on any atom is -0.308 e. The highest BCUT2D eigenvalue weighted by Crippen LogP contribution is 2.34. The largest absolute Gasteiger partial charge is 0.308 e. The zero-order valence-corrected chi connectivity index (χ0v) is 26.8. The Kier molecular flexibility index (Phi) is 6.39.